The van der Waals surface area contributed by atoms with Crippen LogP contribution in [0.15, 0.2) is 23.1 Å². The largest absolute Gasteiger partial charge is 0.398 e. The summed E-state index contributed by atoms with van der Waals surface area (Å²) in [4.78, 5) is 0.125. The van der Waals surface area contributed by atoms with Gasteiger partial charge in [-0.05, 0) is 31.0 Å². The van der Waals surface area contributed by atoms with Crippen molar-refractivity contribution in [2.45, 2.75) is 31.6 Å². The van der Waals surface area contributed by atoms with Crippen molar-refractivity contribution >= 4 is 15.7 Å². The Hall–Kier alpha value is -1.58. The molecule has 2 N–H and O–H groups in total. The molecule has 0 saturated carbocycles. The van der Waals surface area contributed by atoms with Gasteiger partial charge >= 0.3 is 0 Å². The van der Waals surface area contributed by atoms with Crippen molar-refractivity contribution in [1.82, 2.24) is 4.31 Å². The number of sulfonamides is 1. The zero-order valence-corrected chi connectivity index (χ0v) is 12.1. The van der Waals surface area contributed by atoms with Crippen molar-refractivity contribution in [2.24, 2.45) is 0 Å². The molecule has 0 radical (unpaired) electrons. The molecule has 104 valence electrons. The molecular formula is C13H19N3O2S. The first kappa shape index (κ1) is 15.5. The van der Waals surface area contributed by atoms with Crippen LogP contribution in [0.4, 0.5) is 5.69 Å². The molecule has 0 aliphatic carbocycles. The summed E-state index contributed by atoms with van der Waals surface area (Å²) in [5.41, 5.74) is 6.09. The van der Waals surface area contributed by atoms with Crippen LogP contribution in [0.1, 0.15) is 32.3 Å². The molecule has 5 nitrogen and oxygen atoms in total. The van der Waals surface area contributed by atoms with Gasteiger partial charge in [0.1, 0.15) is 6.07 Å². The number of hydrogen-bond acceptors (Lipinski definition) is 4. The molecule has 19 heavy (non-hydrogen) atoms. The van der Waals surface area contributed by atoms with Gasteiger partial charge in [0.15, 0.2) is 0 Å². The lowest BCUT2D eigenvalue weighted by atomic mass is 10.2. The molecule has 1 aromatic rings. The summed E-state index contributed by atoms with van der Waals surface area (Å²) in [5.74, 6) is 0. The predicted molar refractivity (Wildman–Crippen MR) is 74.9 cm³/mol. The zero-order valence-electron chi connectivity index (χ0n) is 11.3. The van der Waals surface area contributed by atoms with Crippen LogP contribution in [0.3, 0.4) is 0 Å². The molecule has 0 bridgehead atoms. The van der Waals surface area contributed by atoms with Crippen molar-refractivity contribution in [2.75, 3.05) is 18.8 Å². The van der Waals surface area contributed by atoms with E-state index in [1.54, 1.807) is 0 Å². The summed E-state index contributed by atoms with van der Waals surface area (Å²) < 4.78 is 26.4. The summed E-state index contributed by atoms with van der Waals surface area (Å²) >= 11 is 0. The number of nitrogen functional groups attached to an aromatic ring is 1. The van der Waals surface area contributed by atoms with Gasteiger partial charge in [0, 0.05) is 18.8 Å². The van der Waals surface area contributed by atoms with E-state index in [0.717, 1.165) is 12.8 Å². The average molecular weight is 281 g/mol. The lowest BCUT2D eigenvalue weighted by Crippen LogP contribution is -2.32. The zero-order chi connectivity index (χ0) is 14.5. The quantitative estimate of drug-likeness (QED) is 0.807. The van der Waals surface area contributed by atoms with E-state index in [9.17, 15) is 8.42 Å². The van der Waals surface area contributed by atoms with Gasteiger partial charge in [-0.3, -0.25) is 0 Å². The number of rotatable bonds is 6. The topological polar surface area (TPSA) is 87.2 Å². The Balaban J connectivity index is 3.22. The number of hydrogen-bond donors (Lipinski definition) is 1. The molecular weight excluding hydrogens is 262 g/mol. The highest BCUT2D eigenvalue weighted by molar-refractivity contribution is 7.89. The number of nitrogens with two attached hydrogens (primary N) is 1. The Morgan fingerprint density at radius 3 is 2.32 bits per heavy atom. The van der Waals surface area contributed by atoms with Crippen LogP contribution >= 0.6 is 0 Å². The first-order chi connectivity index (χ1) is 8.97. The van der Waals surface area contributed by atoms with E-state index in [1.165, 1.54) is 22.5 Å². The third-order valence-corrected chi connectivity index (χ3v) is 4.62. The van der Waals surface area contributed by atoms with Crippen LogP contribution in [0.2, 0.25) is 0 Å². The van der Waals surface area contributed by atoms with E-state index in [-0.39, 0.29) is 10.5 Å². The second-order valence-electron chi connectivity index (χ2n) is 4.26. The monoisotopic (exact) mass is 281 g/mol. The Morgan fingerprint density at radius 1 is 1.26 bits per heavy atom. The number of nitriles is 1. The van der Waals surface area contributed by atoms with Gasteiger partial charge in [0.2, 0.25) is 10.0 Å². The van der Waals surface area contributed by atoms with Crippen LogP contribution in [-0.4, -0.2) is 25.8 Å². The second-order valence-corrected chi connectivity index (χ2v) is 6.20. The fourth-order valence-corrected chi connectivity index (χ4v) is 3.44. The maximum Gasteiger partial charge on any atom is 0.243 e. The number of anilines is 1. The van der Waals surface area contributed by atoms with Crippen molar-refractivity contribution in [3.63, 3.8) is 0 Å². The van der Waals surface area contributed by atoms with Crippen molar-refractivity contribution in [1.29, 1.82) is 5.26 Å². The summed E-state index contributed by atoms with van der Waals surface area (Å²) in [6, 6.07) is 6.15. The van der Waals surface area contributed by atoms with Crippen LogP contribution in [-0.2, 0) is 10.0 Å². The lowest BCUT2D eigenvalue weighted by Gasteiger charge is -2.21. The molecule has 1 rings (SSSR count). The van der Waals surface area contributed by atoms with Crippen LogP contribution in [0.25, 0.3) is 0 Å². The van der Waals surface area contributed by atoms with Crippen molar-refractivity contribution in [3.05, 3.63) is 23.8 Å². The highest BCUT2D eigenvalue weighted by Gasteiger charge is 2.23. The molecule has 0 spiro atoms. The van der Waals surface area contributed by atoms with E-state index in [2.05, 4.69) is 0 Å². The third-order valence-electron chi connectivity index (χ3n) is 2.73. The van der Waals surface area contributed by atoms with Gasteiger partial charge in [-0.15, -0.1) is 0 Å². The minimum absolute atomic E-state index is 0.125. The normalized spacial score (nSPS) is 11.5. The lowest BCUT2D eigenvalue weighted by molar-refractivity contribution is 0.410. The van der Waals surface area contributed by atoms with E-state index < -0.39 is 10.0 Å². The Bertz CT molecular complexity index is 570. The second kappa shape index (κ2) is 6.55. The number of benzene rings is 1. The first-order valence-electron chi connectivity index (χ1n) is 6.27. The average Bonchev–Trinajstić information content (AvgIpc) is 2.38. The molecule has 0 atom stereocenters. The summed E-state index contributed by atoms with van der Waals surface area (Å²) in [5, 5.41) is 8.92. The third kappa shape index (κ3) is 3.46. The molecule has 1 aromatic carbocycles. The van der Waals surface area contributed by atoms with Crippen molar-refractivity contribution in [3.8, 4) is 6.07 Å². The molecule has 6 heteroatoms. The molecule has 0 unspecified atom stereocenters. The van der Waals surface area contributed by atoms with Crippen LogP contribution in [0, 0.1) is 11.3 Å². The summed E-state index contributed by atoms with van der Waals surface area (Å²) in [6.45, 7) is 4.81. The number of nitrogens with zero attached hydrogens (tertiary/aromatic N) is 2. The highest BCUT2D eigenvalue weighted by Crippen LogP contribution is 2.21. The van der Waals surface area contributed by atoms with E-state index in [1.807, 2.05) is 19.9 Å². The molecule has 0 fully saturated rings. The Morgan fingerprint density at radius 2 is 1.84 bits per heavy atom. The fraction of sp³-hybridized carbons (Fsp3) is 0.462. The molecule has 0 aliphatic heterocycles. The molecule has 0 amide bonds. The smallest absolute Gasteiger partial charge is 0.243 e. The van der Waals surface area contributed by atoms with Gasteiger partial charge in [-0.1, -0.05) is 13.8 Å². The minimum Gasteiger partial charge on any atom is -0.398 e. The summed E-state index contributed by atoms with van der Waals surface area (Å²) in [7, 11) is -3.55. The predicted octanol–water partition coefficient (Wildman–Crippen LogP) is 1.95. The van der Waals surface area contributed by atoms with Crippen LogP contribution in [0.5, 0.6) is 0 Å². The molecule has 0 saturated heterocycles. The highest BCUT2D eigenvalue weighted by atomic mass is 32.2. The van der Waals surface area contributed by atoms with E-state index >= 15 is 0 Å². The van der Waals surface area contributed by atoms with Gasteiger partial charge in [0.05, 0.1) is 10.5 Å². The van der Waals surface area contributed by atoms with Crippen molar-refractivity contribution < 1.29 is 8.42 Å². The maximum atomic E-state index is 12.5. The Kier molecular flexibility index (Phi) is 5.33. The van der Waals surface area contributed by atoms with Gasteiger partial charge in [0.25, 0.3) is 0 Å². The molecule has 0 heterocycles. The SMILES string of the molecule is CCCN(CCC)S(=O)(=O)c1ccc(N)c(C#N)c1. The minimum atomic E-state index is -3.55. The van der Waals surface area contributed by atoms with Gasteiger partial charge in [-0.2, -0.15) is 9.57 Å². The molecule has 0 aliphatic rings. The van der Waals surface area contributed by atoms with Gasteiger partial charge in [-0.25, -0.2) is 8.42 Å². The first-order valence-corrected chi connectivity index (χ1v) is 7.71. The van der Waals surface area contributed by atoms with E-state index in [4.69, 9.17) is 11.0 Å². The molecule has 0 aromatic heterocycles. The maximum absolute atomic E-state index is 12.5. The van der Waals surface area contributed by atoms with E-state index in [0.29, 0.717) is 18.8 Å². The van der Waals surface area contributed by atoms with Gasteiger partial charge < -0.3 is 5.73 Å². The fourth-order valence-electron chi connectivity index (χ4n) is 1.79. The summed E-state index contributed by atoms with van der Waals surface area (Å²) in [6.07, 6.45) is 1.50. The standard InChI is InChI=1S/C13H19N3O2S/c1-3-7-16(8-4-2)19(17,18)12-5-6-13(15)11(9-12)10-14/h5-6,9H,3-4,7-8,15H2,1-2H3. The Labute approximate surface area is 114 Å². The van der Waals surface area contributed by atoms with Crippen LogP contribution < -0.4 is 5.73 Å².